The third-order valence-electron chi connectivity index (χ3n) is 7.17. The lowest BCUT2D eigenvalue weighted by molar-refractivity contribution is -0.125. The van der Waals surface area contributed by atoms with E-state index in [-0.39, 0.29) is 28.6 Å². The molecule has 5 rings (SSSR count). The average Bonchev–Trinajstić information content (AvgIpc) is 3.58. The van der Waals surface area contributed by atoms with Gasteiger partial charge in [0.1, 0.15) is 17.5 Å². The minimum Gasteiger partial charge on any atom is -0.497 e. The molecule has 2 aliphatic rings. The van der Waals surface area contributed by atoms with Gasteiger partial charge < -0.3 is 15.0 Å². The van der Waals surface area contributed by atoms with Crippen LogP contribution in [0.1, 0.15) is 40.5 Å². The number of nitrogens with zero attached hydrogens (tertiary/aromatic N) is 4. The second-order valence-electron chi connectivity index (χ2n) is 9.57. The fourth-order valence-electron chi connectivity index (χ4n) is 5.28. The molecule has 2 aromatic carbocycles. The molecule has 11 heteroatoms. The smallest absolute Gasteiger partial charge is 0.277 e. The van der Waals surface area contributed by atoms with Crippen LogP contribution in [0.4, 0.5) is 5.69 Å². The largest absolute Gasteiger partial charge is 0.497 e. The lowest BCUT2D eigenvalue weighted by atomic mass is 10.0. The lowest BCUT2D eigenvalue weighted by Gasteiger charge is -2.29. The normalized spacial score (nSPS) is 16.8. The molecule has 3 aromatic rings. The predicted octanol–water partition coefficient (Wildman–Crippen LogP) is 2.37. The fraction of sp³-hybridized carbons (Fsp3) is 0.370. The van der Waals surface area contributed by atoms with E-state index in [0.29, 0.717) is 35.7 Å². The van der Waals surface area contributed by atoms with E-state index in [1.807, 2.05) is 24.3 Å². The van der Waals surface area contributed by atoms with Gasteiger partial charge in [0, 0.05) is 31.1 Å². The van der Waals surface area contributed by atoms with Crippen LogP contribution in [-0.2, 0) is 21.1 Å². The van der Waals surface area contributed by atoms with Crippen LogP contribution in [0.25, 0.3) is 5.69 Å². The van der Waals surface area contributed by atoms with E-state index in [2.05, 4.69) is 15.3 Å². The van der Waals surface area contributed by atoms with Crippen molar-refractivity contribution in [2.24, 2.45) is 0 Å². The van der Waals surface area contributed by atoms with Gasteiger partial charge in [0.15, 0.2) is 14.9 Å². The number of carbonyl (C=O) groups excluding carboxylic acids is 2. The molecule has 1 atom stereocenters. The van der Waals surface area contributed by atoms with Gasteiger partial charge in [-0.3, -0.25) is 14.5 Å². The summed E-state index contributed by atoms with van der Waals surface area (Å²) in [5.74, 6) is 0.241. The van der Waals surface area contributed by atoms with Crippen LogP contribution in [0.2, 0.25) is 0 Å². The first-order chi connectivity index (χ1) is 18.2. The van der Waals surface area contributed by atoms with Crippen molar-refractivity contribution in [1.82, 2.24) is 20.0 Å². The van der Waals surface area contributed by atoms with Gasteiger partial charge in [0.05, 0.1) is 12.8 Å². The van der Waals surface area contributed by atoms with Crippen molar-refractivity contribution in [3.05, 3.63) is 65.4 Å². The summed E-state index contributed by atoms with van der Waals surface area (Å²) in [6, 6.07) is 14.0. The van der Waals surface area contributed by atoms with Gasteiger partial charge in [0.2, 0.25) is 5.91 Å². The number of likely N-dealkylation sites (N-methyl/N-ethyl adjacent to an activating group) is 1. The molecule has 0 radical (unpaired) electrons. The number of fused-ring (bicyclic) bond motifs is 1. The molecule has 10 nitrogen and oxygen atoms in total. The third-order valence-corrected chi connectivity index (χ3v) is 8.20. The van der Waals surface area contributed by atoms with Gasteiger partial charge in [-0.25, -0.2) is 13.1 Å². The van der Waals surface area contributed by atoms with Crippen LogP contribution in [0.5, 0.6) is 5.75 Å². The fourth-order valence-corrected chi connectivity index (χ4v) is 6.16. The standard InChI is InChI=1S/C27H31N5O5S/c1-28-25(33)23(30-15-4-5-16-30)18-6-8-19(9-7-18)31-17-14-22-24(27(31)34)32(29-26(22)38(3,35)36)20-10-12-21(37-2)13-11-20/h6-13,23H,4-5,14-17H2,1-3H3,(H,28,33). The number of rotatable bonds is 7. The molecule has 1 unspecified atom stereocenters. The van der Waals surface area contributed by atoms with E-state index >= 15 is 0 Å². The summed E-state index contributed by atoms with van der Waals surface area (Å²) in [4.78, 5) is 30.3. The summed E-state index contributed by atoms with van der Waals surface area (Å²) in [5.41, 5.74) is 2.75. The molecule has 2 aliphatic heterocycles. The summed E-state index contributed by atoms with van der Waals surface area (Å²) < 4.78 is 31.7. The Kier molecular flexibility index (Phi) is 6.97. The minimum absolute atomic E-state index is 0.0601. The highest BCUT2D eigenvalue weighted by Gasteiger charge is 2.36. The predicted molar refractivity (Wildman–Crippen MR) is 143 cm³/mol. The summed E-state index contributed by atoms with van der Waals surface area (Å²) in [6.45, 7) is 2.05. The molecule has 1 saturated heterocycles. The zero-order chi connectivity index (χ0) is 27.0. The monoisotopic (exact) mass is 537 g/mol. The van der Waals surface area contributed by atoms with Crippen molar-refractivity contribution in [2.45, 2.75) is 30.3 Å². The maximum Gasteiger partial charge on any atom is 0.277 e. The number of nitrogens with one attached hydrogen (secondary N) is 1. The van der Waals surface area contributed by atoms with E-state index in [9.17, 15) is 18.0 Å². The van der Waals surface area contributed by atoms with Gasteiger partial charge in [-0.2, -0.15) is 5.10 Å². The summed E-state index contributed by atoms with van der Waals surface area (Å²) in [7, 11) is -0.458. The zero-order valence-corrected chi connectivity index (χ0v) is 22.5. The molecule has 38 heavy (non-hydrogen) atoms. The van der Waals surface area contributed by atoms with Gasteiger partial charge >= 0.3 is 0 Å². The minimum atomic E-state index is -3.65. The molecule has 3 heterocycles. The molecular formula is C27H31N5O5S. The highest BCUT2D eigenvalue weighted by Crippen LogP contribution is 2.32. The van der Waals surface area contributed by atoms with E-state index in [0.717, 1.165) is 37.8 Å². The number of ether oxygens (including phenoxy) is 1. The molecule has 0 aliphatic carbocycles. The average molecular weight is 538 g/mol. The molecule has 2 amide bonds. The molecule has 200 valence electrons. The van der Waals surface area contributed by atoms with Crippen LogP contribution in [-0.4, -0.2) is 75.0 Å². The Bertz CT molecular complexity index is 1460. The number of aromatic nitrogens is 2. The van der Waals surface area contributed by atoms with Crippen molar-refractivity contribution in [2.75, 3.05) is 44.9 Å². The SMILES string of the molecule is CNC(=O)C(c1ccc(N2CCc3c(S(C)(=O)=O)nn(-c4ccc(OC)cc4)c3C2=O)cc1)N1CCCC1. The first-order valence-corrected chi connectivity index (χ1v) is 14.5. The summed E-state index contributed by atoms with van der Waals surface area (Å²) in [6.07, 6.45) is 3.57. The second kappa shape index (κ2) is 10.2. The Balaban J connectivity index is 1.50. The van der Waals surface area contributed by atoms with Crippen LogP contribution >= 0.6 is 0 Å². The Hall–Kier alpha value is -3.70. The van der Waals surface area contributed by atoms with E-state index in [1.54, 1.807) is 43.3 Å². The third kappa shape index (κ3) is 4.67. The Labute approximate surface area is 222 Å². The summed E-state index contributed by atoms with van der Waals surface area (Å²) in [5, 5.41) is 7.06. The number of hydrogen-bond acceptors (Lipinski definition) is 7. The van der Waals surface area contributed by atoms with Crippen molar-refractivity contribution in [3.8, 4) is 11.4 Å². The van der Waals surface area contributed by atoms with Crippen LogP contribution < -0.4 is 15.0 Å². The van der Waals surface area contributed by atoms with E-state index in [1.165, 1.54) is 4.68 Å². The first-order valence-electron chi connectivity index (χ1n) is 12.6. The van der Waals surface area contributed by atoms with Crippen LogP contribution in [0.3, 0.4) is 0 Å². The van der Waals surface area contributed by atoms with E-state index in [4.69, 9.17) is 4.74 Å². The van der Waals surface area contributed by atoms with E-state index < -0.39 is 9.84 Å². The number of hydrogen-bond donors (Lipinski definition) is 1. The summed E-state index contributed by atoms with van der Waals surface area (Å²) >= 11 is 0. The maximum absolute atomic E-state index is 13.8. The zero-order valence-electron chi connectivity index (χ0n) is 21.7. The molecule has 1 N–H and O–H groups in total. The highest BCUT2D eigenvalue weighted by atomic mass is 32.2. The van der Waals surface area contributed by atoms with Crippen molar-refractivity contribution < 1.29 is 22.7 Å². The molecule has 0 saturated carbocycles. The molecule has 0 bridgehead atoms. The Morgan fingerprint density at radius 2 is 1.63 bits per heavy atom. The van der Waals surface area contributed by atoms with Crippen LogP contribution in [0, 0.1) is 0 Å². The molecule has 1 aromatic heterocycles. The quantitative estimate of drug-likeness (QED) is 0.492. The molecule has 1 fully saturated rings. The number of methoxy groups -OCH3 is 1. The van der Waals surface area contributed by atoms with Crippen molar-refractivity contribution in [1.29, 1.82) is 0 Å². The number of amides is 2. The van der Waals surface area contributed by atoms with Gasteiger partial charge in [-0.15, -0.1) is 0 Å². The molecule has 0 spiro atoms. The maximum atomic E-state index is 13.8. The topological polar surface area (TPSA) is 114 Å². The van der Waals surface area contributed by atoms with Gasteiger partial charge in [-0.05, 0) is 74.3 Å². The van der Waals surface area contributed by atoms with Crippen LogP contribution in [0.15, 0.2) is 53.6 Å². The Morgan fingerprint density at radius 3 is 2.21 bits per heavy atom. The number of anilines is 1. The number of carbonyl (C=O) groups is 2. The number of sulfone groups is 1. The number of benzene rings is 2. The van der Waals surface area contributed by atoms with Crippen molar-refractivity contribution in [3.63, 3.8) is 0 Å². The van der Waals surface area contributed by atoms with Crippen molar-refractivity contribution >= 4 is 27.3 Å². The number of likely N-dealkylation sites (tertiary alicyclic amines) is 1. The van der Waals surface area contributed by atoms with Gasteiger partial charge in [0.25, 0.3) is 5.91 Å². The molecular weight excluding hydrogens is 506 g/mol. The lowest BCUT2D eigenvalue weighted by Crippen LogP contribution is -2.39. The van der Waals surface area contributed by atoms with Gasteiger partial charge in [-0.1, -0.05) is 12.1 Å². The highest BCUT2D eigenvalue weighted by molar-refractivity contribution is 7.90. The Morgan fingerprint density at radius 1 is 1.00 bits per heavy atom. The first kappa shape index (κ1) is 25.9. The second-order valence-corrected chi connectivity index (χ2v) is 11.5.